The van der Waals surface area contributed by atoms with Crippen LogP contribution in [0.25, 0.3) is 0 Å². The molecule has 5 aliphatic rings. The fourth-order valence-electron chi connectivity index (χ4n) is 7.42. The van der Waals surface area contributed by atoms with E-state index in [4.69, 9.17) is 0 Å². The fraction of sp³-hybridized carbons (Fsp3) is 0.708. The first-order valence-electron chi connectivity index (χ1n) is 11.1. The van der Waals surface area contributed by atoms with Gasteiger partial charge in [0.2, 0.25) is 5.91 Å². The monoisotopic (exact) mass is 367 g/mol. The Kier molecular flexibility index (Phi) is 4.34. The highest BCUT2D eigenvalue weighted by molar-refractivity contribution is 5.78. The van der Waals surface area contributed by atoms with Gasteiger partial charge in [-0.05, 0) is 73.7 Å². The summed E-state index contributed by atoms with van der Waals surface area (Å²) in [5.41, 5.74) is 1.42. The molecule has 4 aliphatic carbocycles. The Morgan fingerprint density at radius 2 is 1.74 bits per heavy atom. The van der Waals surface area contributed by atoms with Crippen molar-refractivity contribution in [3.05, 3.63) is 35.9 Å². The molecule has 1 aliphatic heterocycles. The Balaban J connectivity index is 1.49. The molecule has 1 saturated heterocycles. The Labute approximate surface area is 163 Å². The van der Waals surface area contributed by atoms with Crippen LogP contribution in [0.5, 0.6) is 0 Å². The second-order valence-corrected chi connectivity index (χ2v) is 9.93. The molecule has 0 aromatic heterocycles. The number of rotatable bonds is 3. The molecule has 27 heavy (non-hydrogen) atoms. The van der Waals surface area contributed by atoms with Gasteiger partial charge in [-0.25, -0.2) is 0 Å². The van der Waals surface area contributed by atoms with Crippen LogP contribution in [-0.4, -0.2) is 35.1 Å². The molecule has 3 nitrogen and oxygen atoms in total. The standard InChI is InChI=1S/C24H33NO2/c1-16-17-10-20-12-18(16)13-21(11-17)24(20,19-6-3-2-4-7-19)14-23(27)25-9-5-8-22(26)15-25/h2-4,6-7,16-18,20-22,26H,5,8-15H2,1H3/t16?,17?,18?,20?,21?,22-,24?/m0/s1. The average Bonchev–Trinajstić information content (AvgIpc) is 2.67. The van der Waals surface area contributed by atoms with Crippen LogP contribution in [0.4, 0.5) is 0 Å². The van der Waals surface area contributed by atoms with E-state index in [0.717, 1.165) is 37.1 Å². The van der Waals surface area contributed by atoms with Gasteiger partial charge in [-0.2, -0.15) is 0 Å². The number of carbonyl (C=O) groups is 1. The second kappa shape index (κ2) is 6.62. The Morgan fingerprint density at radius 1 is 1.11 bits per heavy atom. The van der Waals surface area contributed by atoms with E-state index in [1.54, 1.807) is 0 Å². The number of likely N-dealkylation sites (tertiary alicyclic amines) is 1. The van der Waals surface area contributed by atoms with Crippen LogP contribution in [0.3, 0.4) is 0 Å². The van der Waals surface area contributed by atoms with Gasteiger partial charge in [0.25, 0.3) is 0 Å². The van der Waals surface area contributed by atoms with Crippen molar-refractivity contribution < 1.29 is 9.90 Å². The van der Waals surface area contributed by atoms with Crippen molar-refractivity contribution in [3.63, 3.8) is 0 Å². The minimum Gasteiger partial charge on any atom is -0.391 e. The molecule has 5 fully saturated rings. The third-order valence-electron chi connectivity index (χ3n) is 8.80. The van der Waals surface area contributed by atoms with Crippen molar-refractivity contribution in [1.82, 2.24) is 4.90 Å². The lowest BCUT2D eigenvalue weighted by Gasteiger charge is -2.64. The molecule has 1 heterocycles. The van der Waals surface area contributed by atoms with Crippen LogP contribution in [-0.2, 0) is 10.2 Å². The molecule has 4 saturated carbocycles. The topological polar surface area (TPSA) is 40.5 Å². The first kappa shape index (κ1) is 17.7. The summed E-state index contributed by atoms with van der Waals surface area (Å²) in [6.07, 6.45) is 7.29. The summed E-state index contributed by atoms with van der Waals surface area (Å²) in [4.78, 5) is 15.3. The van der Waals surface area contributed by atoms with E-state index in [1.807, 2.05) is 4.90 Å². The zero-order valence-electron chi connectivity index (χ0n) is 16.5. The highest BCUT2D eigenvalue weighted by Crippen LogP contribution is 2.65. The van der Waals surface area contributed by atoms with Gasteiger partial charge in [-0.15, -0.1) is 0 Å². The van der Waals surface area contributed by atoms with E-state index in [2.05, 4.69) is 37.3 Å². The Bertz CT molecular complexity index is 670. The summed E-state index contributed by atoms with van der Waals surface area (Å²) in [6.45, 7) is 3.82. The lowest BCUT2D eigenvalue weighted by molar-refractivity contribution is -0.144. The quantitative estimate of drug-likeness (QED) is 0.877. The molecule has 1 amide bonds. The first-order valence-corrected chi connectivity index (χ1v) is 11.1. The number of hydrogen-bond acceptors (Lipinski definition) is 2. The highest BCUT2D eigenvalue weighted by Gasteiger charge is 2.60. The molecule has 0 spiro atoms. The van der Waals surface area contributed by atoms with Crippen LogP contribution in [0, 0.1) is 29.6 Å². The van der Waals surface area contributed by atoms with Crippen molar-refractivity contribution in [3.8, 4) is 0 Å². The van der Waals surface area contributed by atoms with Crippen LogP contribution < -0.4 is 0 Å². The summed E-state index contributed by atoms with van der Waals surface area (Å²) in [5, 5.41) is 10.1. The zero-order chi connectivity index (χ0) is 18.6. The van der Waals surface area contributed by atoms with Gasteiger partial charge in [-0.3, -0.25) is 4.79 Å². The van der Waals surface area contributed by atoms with E-state index in [9.17, 15) is 9.90 Å². The van der Waals surface area contributed by atoms with Crippen molar-refractivity contribution in [2.45, 2.75) is 63.4 Å². The predicted molar refractivity (Wildman–Crippen MR) is 106 cm³/mol. The maximum atomic E-state index is 13.4. The summed E-state index contributed by atoms with van der Waals surface area (Å²) in [5.74, 6) is 4.19. The van der Waals surface area contributed by atoms with E-state index >= 15 is 0 Å². The smallest absolute Gasteiger partial charge is 0.223 e. The zero-order valence-corrected chi connectivity index (χ0v) is 16.5. The van der Waals surface area contributed by atoms with Crippen LogP contribution in [0.2, 0.25) is 0 Å². The molecule has 1 aromatic rings. The summed E-state index contributed by atoms with van der Waals surface area (Å²) < 4.78 is 0. The number of piperidine rings is 1. The molecule has 6 rings (SSSR count). The Hall–Kier alpha value is -1.35. The number of aliphatic hydroxyl groups excluding tert-OH is 1. The largest absolute Gasteiger partial charge is 0.391 e. The van der Waals surface area contributed by atoms with Gasteiger partial charge >= 0.3 is 0 Å². The van der Waals surface area contributed by atoms with E-state index < -0.39 is 0 Å². The third-order valence-corrected chi connectivity index (χ3v) is 8.80. The van der Waals surface area contributed by atoms with Gasteiger partial charge in [0.05, 0.1) is 6.10 Å². The van der Waals surface area contributed by atoms with Crippen molar-refractivity contribution in [2.75, 3.05) is 13.1 Å². The van der Waals surface area contributed by atoms with Crippen LogP contribution in [0.1, 0.15) is 57.4 Å². The van der Waals surface area contributed by atoms with Crippen molar-refractivity contribution in [1.29, 1.82) is 0 Å². The van der Waals surface area contributed by atoms with Gasteiger partial charge in [0, 0.05) is 24.9 Å². The van der Waals surface area contributed by atoms with E-state index in [1.165, 1.54) is 31.2 Å². The molecular formula is C24H33NO2. The molecule has 4 bridgehead atoms. The average molecular weight is 368 g/mol. The lowest BCUT2D eigenvalue weighted by atomic mass is 9.41. The lowest BCUT2D eigenvalue weighted by Crippen LogP contribution is -2.59. The highest BCUT2D eigenvalue weighted by atomic mass is 16.3. The summed E-state index contributed by atoms with van der Waals surface area (Å²) in [7, 11) is 0. The number of amides is 1. The molecular weight excluding hydrogens is 334 g/mol. The molecule has 3 heteroatoms. The minimum atomic E-state index is -0.338. The molecule has 0 radical (unpaired) electrons. The number of carbonyl (C=O) groups excluding carboxylic acids is 1. The van der Waals surface area contributed by atoms with Crippen LogP contribution >= 0.6 is 0 Å². The summed E-state index contributed by atoms with van der Waals surface area (Å²) >= 11 is 0. The fourth-order valence-corrected chi connectivity index (χ4v) is 7.42. The van der Waals surface area contributed by atoms with Crippen LogP contribution in [0.15, 0.2) is 30.3 Å². The predicted octanol–water partition coefficient (Wildman–Crippen LogP) is 4.00. The van der Waals surface area contributed by atoms with E-state index in [-0.39, 0.29) is 17.4 Å². The number of aliphatic hydroxyl groups is 1. The maximum absolute atomic E-state index is 13.4. The van der Waals surface area contributed by atoms with E-state index in [0.29, 0.717) is 24.8 Å². The normalized spacial score (nSPS) is 43.1. The van der Waals surface area contributed by atoms with Gasteiger partial charge in [0.15, 0.2) is 0 Å². The molecule has 1 atom stereocenters. The van der Waals surface area contributed by atoms with Gasteiger partial charge in [-0.1, -0.05) is 37.3 Å². The molecule has 1 aromatic carbocycles. The number of hydrogen-bond donors (Lipinski definition) is 1. The second-order valence-electron chi connectivity index (χ2n) is 9.93. The molecule has 1 N–H and O–H groups in total. The van der Waals surface area contributed by atoms with Gasteiger partial charge in [0.1, 0.15) is 0 Å². The number of β-amino-alcohol motifs (C(OH)–C–C–N with tert-alkyl or cyclic N) is 1. The van der Waals surface area contributed by atoms with Crippen molar-refractivity contribution >= 4 is 5.91 Å². The number of benzene rings is 1. The minimum absolute atomic E-state index is 0.0217. The Morgan fingerprint density at radius 3 is 2.33 bits per heavy atom. The summed E-state index contributed by atoms with van der Waals surface area (Å²) in [6, 6.07) is 11.0. The van der Waals surface area contributed by atoms with Crippen molar-refractivity contribution in [2.24, 2.45) is 29.6 Å². The number of nitrogens with zero attached hydrogens (tertiary/aromatic N) is 1. The SMILES string of the molecule is CC1C2CC3CC1CC(C2)C3(CC(=O)N1CCC[C@H](O)C1)c1ccccc1. The maximum Gasteiger partial charge on any atom is 0.223 e. The molecule has 146 valence electrons. The molecule has 0 unspecified atom stereocenters. The third kappa shape index (κ3) is 2.76. The van der Waals surface area contributed by atoms with Gasteiger partial charge < -0.3 is 10.0 Å². The first-order chi connectivity index (χ1) is 13.1.